The molecule has 0 bridgehead atoms. The highest BCUT2D eigenvalue weighted by Crippen LogP contribution is 2.46. The SMILES string of the molecule is N#Cc1ccc(-n2c3ccccc3c3ccc4c5ccccc5n(-c5ccccc5)c4c32)c(-c2nc(-c3ccccc3)nc(-c3cc(C#N)ccc3-n3c4ccccc4c4ccc5c6ccccc6n(-c6ccccc6)c5c43)n2)c1. The third-order valence-electron chi connectivity index (χ3n) is 15.8. The summed E-state index contributed by atoms with van der Waals surface area (Å²) in [6.07, 6.45) is 0. The molecule has 0 fully saturated rings. The second kappa shape index (κ2) is 17.6. The van der Waals surface area contributed by atoms with Gasteiger partial charge in [-0.2, -0.15) is 10.5 Å². The molecule has 5 heterocycles. The zero-order valence-electron chi connectivity index (χ0n) is 42.7. The summed E-state index contributed by atoms with van der Waals surface area (Å²) < 4.78 is 9.38. The van der Waals surface area contributed by atoms with Gasteiger partial charge >= 0.3 is 0 Å². The minimum absolute atomic E-state index is 0.366. The number of para-hydroxylation sites is 6. The fraction of sp³-hybridized carbons (Fsp3) is 0. The quantitative estimate of drug-likeness (QED) is 0.158. The van der Waals surface area contributed by atoms with Gasteiger partial charge in [0.1, 0.15) is 0 Å². The number of nitriles is 2. The zero-order chi connectivity index (χ0) is 53.0. The second-order valence-electron chi connectivity index (χ2n) is 20.2. The van der Waals surface area contributed by atoms with Gasteiger partial charge in [-0.25, -0.2) is 15.0 Å². The van der Waals surface area contributed by atoms with Crippen molar-refractivity contribution in [3.05, 3.63) is 260 Å². The number of hydrogen-bond donors (Lipinski definition) is 0. The Morgan fingerprint density at radius 3 is 0.963 bits per heavy atom. The highest BCUT2D eigenvalue weighted by molar-refractivity contribution is 6.25. The summed E-state index contributed by atoms with van der Waals surface area (Å²) in [4.78, 5) is 16.3. The smallest absolute Gasteiger partial charge is 0.166 e. The van der Waals surface area contributed by atoms with Crippen LogP contribution in [0, 0.1) is 22.7 Å². The van der Waals surface area contributed by atoms with E-state index in [-0.39, 0.29) is 0 Å². The van der Waals surface area contributed by atoms with E-state index in [0.717, 1.165) is 116 Å². The Labute approximate surface area is 457 Å². The zero-order valence-corrected chi connectivity index (χ0v) is 42.7. The first kappa shape index (κ1) is 44.9. The maximum atomic E-state index is 10.8. The summed E-state index contributed by atoms with van der Waals surface area (Å²) in [5, 5.41) is 30.3. The van der Waals surface area contributed by atoms with Gasteiger partial charge in [0.05, 0.1) is 78.8 Å². The van der Waals surface area contributed by atoms with Crippen LogP contribution in [0.5, 0.6) is 0 Å². The molecule has 0 saturated carbocycles. The predicted molar refractivity (Wildman–Crippen MR) is 323 cm³/mol. The molecule has 80 heavy (non-hydrogen) atoms. The summed E-state index contributed by atoms with van der Waals surface area (Å²) in [5.74, 6) is 1.17. The van der Waals surface area contributed by atoms with E-state index in [9.17, 15) is 10.5 Å². The number of benzene rings is 11. The Morgan fingerprint density at radius 1 is 0.275 bits per heavy atom. The fourth-order valence-corrected chi connectivity index (χ4v) is 12.5. The molecule has 0 aliphatic heterocycles. The van der Waals surface area contributed by atoms with Crippen LogP contribution in [0.15, 0.2) is 249 Å². The van der Waals surface area contributed by atoms with Crippen LogP contribution in [0.25, 0.3) is 144 Å². The van der Waals surface area contributed by atoms with Crippen LogP contribution in [-0.2, 0) is 0 Å². The normalized spacial score (nSPS) is 11.7. The third kappa shape index (κ3) is 6.59. The molecule has 0 spiro atoms. The monoisotopic (exact) mass is 1020 g/mol. The van der Waals surface area contributed by atoms with Gasteiger partial charge in [0.2, 0.25) is 0 Å². The first-order valence-electron chi connectivity index (χ1n) is 26.6. The molecule has 16 rings (SSSR count). The second-order valence-corrected chi connectivity index (χ2v) is 20.2. The highest BCUT2D eigenvalue weighted by Gasteiger charge is 2.27. The van der Waals surface area contributed by atoms with Crippen LogP contribution in [0.1, 0.15) is 11.1 Å². The van der Waals surface area contributed by atoms with Gasteiger partial charge in [0.15, 0.2) is 17.5 Å². The molecule has 9 heteroatoms. The van der Waals surface area contributed by atoms with Crippen LogP contribution in [0.2, 0.25) is 0 Å². The number of fused-ring (bicyclic) bond motifs is 14. The van der Waals surface area contributed by atoms with E-state index in [0.29, 0.717) is 39.7 Å². The predicted octanol–water partition coefficient (Wildman–Crippen LogP) is 17.0. The first-order valence-corrected chi connectivity index (χ1v) is 26.6. The molecule has 16 aromatic rings. The minimum Gasteiger partial charge on any atom is -0.307 e. The van der Waals surface area contributed by atoms with Gasteiger partial charge in [-0.15, -0.1) is 0 Å². The van der Waals surface area contributed by atoms with Gasteiger partial charge in [-0.05, 0) is 84.9 Å². The molecular weight excluding hydrogens is 979 g/mol. The Hall–Kier alpha value is -11.4. The standard InChI is InChI=1S/C71H41N9/c72-42-44-32-38-63(79-61-30-16-12-26-51(61)55-36-34-53-49-24-10-14-28-59(49)77(65(53)67(55)79)47-20-6-2-7-21-47)57(40-44)70-74-69(46-18-4-1-5-19-46)75-71(76-70)58-41-45(43-73)33-39-64(58)80-62-31-17-13-27-52(62)56-37-35-54-50-25-11-15-29-60(50)78(66(54)68(56)80)48-22-8-3-9-23-48/h1-41H. The maximum Gasteiger partial charge on any atom is 0.166 e. The van der Waals surface area contributed by atoms with Crippen molar-refractivity contribution in [2.75, 3.05) is 0 Å². The van der Waals surface area contributed by atoms with Crippen molar-refractivity contribution in [2.45, 2.75) is 0 Å². The maximum absolute atomic E-state index is 10.8. The molecule has 0 radical (unpaired) electrons. The van der Waals surface area contributed by atoms with Crippen LogP contribution in [-0.4, -0.2) is 33.2 Å². The van der Waals surface area contributed by atoms with Crippen molar-refractivity contribution < 1.29 is 0 Å². The van der Waals surface area contributed by atoms with Crippen LogP contribution >= 0.6 is 0 Å². The van der Waals surface area contributed by atoms with Crippen molar-refractivity contribution in [1.82, 2.24) is 33.2 Å². The number of aromatic nitrogens is 7. The van der Waals surface area contributed by atoms with Gasteiger partial charge in [0, 0.05) is 71.2 Å². The lowest BCUT2D eigenvalue weighted by atomic mass is 10.1. The largest absolute Gasteiger partial charge is 0.307 e. The molecule has 370 valence electrons. The van der Waals surface area contributed by atoms with E-state index < -0.39 is 0 Å². The van der Waals surface area contributed by atoms with Crippen molar-refractivity contribution in [3.63, 3.8) is 0 Å². The molecule has 11 aromatic carbocycles. The van der Waals surface area contributed by atoms with Crippen molar-refractivity contribution >= 4 is 87.2 Å². The van der Waals surface area contributed by atoms with E-state index in [1.807, 2.05) is 78.9 Å². The highest BCUT2D eigenvalue weighted by atomic mass is 15.1. The van der Waals surface area contributed by atoms with E-state index >= 15 is 0 Å². The molecule has 0 unspecified atom stereocenters. The lowest BCUT2D eigenvalue weighted by Crippen LogP contribution is -2.06. The van der Waals surface area contributed by atoms with Crippen LogP contribution in [0.4, 0.5) is 0 Å². The average molecular weight is 1020 g/mol. The Morgan fingerprint density at radius 2 is 0.588 bits per heavy atom. The number of hydrogen-bond acceptors (Lipinski definition) is 5. The van der Waals surface area contributed by atoms with E-state index in [1.165, 1.54) is 0 Å². The summed E-state index contributed by atoms with van der Waals surface area (Å²) in [6, 6.07) is 90.6. The van der Waals surface area contributed by atoms with E-state index in [4.69, 9.17) is 15.0 Å². The molecule has 0 saturated heterocycles. The summed E-state index contributed by atoms with van der Waals surface area (Å²) in [7, 11) is 0. The third-order valence-corrected chi connectivity index (χ3v) is 15.8. The topological polar surface area (TPSA) is 106 Å². The molecule has 0 atom stereocenters. The Balaban J connectivity index is 1.02. The van der Waals surface area contributed by atoms with Gasteiger partial charge in [-0.1, -0.05) is 164 Å². The summed E-state index contributed by atoms with van der Waals surface area (Å²) >= 11 is 0. The summed E-state index contributed by atoms with van der Waals surface area (Å²) in [6.45, 7) is 0. The van der Waals surface area contributed by atoms with Crippen LogP contribution < -0.4 is 0 Å². The van der Waals surface area contributed by atoms with Gasteiger partial charge in [0.25, 0.3) is 0 Å². The van der Waals surface area contributed by atoms with E-state index in [1.54, 1.807) is 0 Å². The molecule has 5 aromatic heterocycles. The van der Waals surface area contributed by atoms with Crippen molar-refractivity contribution in [3.8, 4) is 69.1 Å². The molecule has 0 amide bonds. The molecule has 0 aliphatic carbocycles. The molecule has 0 N–H and O–H groups in total. The molecular formula is C71H41N9. The first-order chi connectivity index (χ1) is 39.6. The minimum atomic E-state index is 0.366. The van der Waals surface area contributed by atoms with E-state index in [2.05, 4.69) is 200 Å². The molecule has 9 nitrogen and oxygen atoms in total. The Kier molecular flexibility index (Phi) is 9.86. The average Bonchev–Trinajstić information content (AvgIpc) is 4.45. The fourth-order valence-electron chi connectivity index (χ4n) is 12.5. The van der Waals surface area contributed by atoms with Crippen LogP contribution in [0.3, 0.4) is 0 Å². The summed E-state index contributed by atoms with van der Waals surface area (Å²) in [5.41, 5.74) is 14.9. The number of rotatable bonds is 7. The molecule has 0 aliphatic rings. The van der Waals surface area contributed by atoms with Crippen molar-refractivity contribution in [1.29, 1.82) is 10.5 Å². The number of nitrogens with zero attached hydrogens (tertiary/aromatic N) is 9. The van der Waals surface area contributed by atoms with Gasteiger partial charge in [-0.3, -0.25) is 0 Å². The van der Waals surface area contributed by atoms with Crippen molar-refractivity contribution in [2.24, 2.45) is 0 Å². The Bertz CT molecular complexity index is 5010. The lowest BCUT2D eigenvalue weighted by Gasteiger charge is -2.18. The lowest BCUT2D eigenvalue weighted by molar-refractivity contribution is 1.06. The van der Waals surface area contributed by atoms with Gasteiger partial charge < -0.3 is 18.3 Å².